The molecule has 4 nitrogen and oxygen atoms in total. The van der Waals surface area contributed by atoms with Gasteiger partial charge in [0.2, 0.25) is 5.91 Å². The molecule has 0 bridgehead atoms. The molecule has 15 heavy (non-hydrogen) atoms. The number of carbonyl (C=O) groups is 1. The van der Waals surface area contributed by atoms with Gasteiger partial charge in [0.15, 0.2) is 0 Å². The highest BCUT2D eigenvalue weighted by Gasteiger charge is 2.22. The predicted octanol–water partition coefficient (Wildman–Crippen LogP) is 0.688. The monoisotopic (exact) mass is 236 g/mol. The fourth-order valence-electron chi connectivity index (χ4n) is 0.999. The summed E-state index contributed by atoms with van der Waals surface area (Å²) in [5.74, 6) is 0.643. The van der Waals surface area contributed by atoms with E-state index in [-0.39, 0.29) is 18.3 Å². The van der Waals surface area contributed by atoms with Gasteiger partial charge in [-0.3, -0.25) is 4.79 Å². The highest BCUT2D eigenvalue weighted by atomic mass is 35.5. The number of nitrogens with two attached hydrogens (primary N) is 1. The van der Waals surface area contributed by atoms with E-state index in [1.165, 1.54) is 12.8 Å². The van der Waals surface area contributed by atoms with E-state index in [1.807, 2.05) is 0 Å². The third-order valence-corrected chi connectivity index (χ3v) is 2.17. The van der Waals surface area contributed by atoms with Crippen LogP contribution in [0.2, 0.25) is 0 Å². The average molecular weight is 237 g/mol. The minimum Gasteiger partial charge on any atom is -0.379 e. The number of rotatable bonds is 6. The molecule has 0 heterocycles. The fraction of sp³-hybridized carbons (Fsp3) is 0.900. The second-order valence-electron chi connectivity index (χ2n) is 4.50. The first-order chi connectivity index (χ1) is 6.50. The quantitative estimate of drug-likeness (QED) is 0.667. The molecule has 1 aliphatic rings. The van der Waals surface area contributed by atoms with Gasteiger partial charge in [0, 0.05) is 13.2 Å². The molecule has 0 unspecified atom stereocenters. The van der Waals surface area contributed by atoms with Crippen molar-refractivity contribution >= 4 is 18.3 Å². The van der Waals surface area contributed by atoms with Gasteiger partial charge < -0.3 is 15.8 Å². The molecule has 0 saturated heterocycles. The number of hydrogen-bond acceptors (Lipinski definition) is 3. The minimum absolute atomic E-state index is 0. The van der Waals surface area contributed by atoms with E-state index in [9.17, 15) is 4.79 Å². The van der Waals surface area contributed by atoms with Crippen LogP contribution in [0.25, 0.3) is 0 Å². The van der Waals surface area contributed by atoms with Crippen LogP contribution in [-0.4, -0.2) is 31.2 Å². The Balaban J connectivity index is 0.00000196. The Hall–Kier alpha value is -0.320. The van der Waals surface area contributed by atoms with Gasteiger partial charge >= 0.3 is 0 Å². The van der Waals surface area contributed by atoms with Crippen molar-refractivity contribution in [2.24, 2.45) is 11.7 Å². The smallest absolute Gasteiger partial charge is 0.239 e. The lowest BCUT2D eigenvalue weighted by Crippen LogP contribution is -2.49. The summed E-state index contributed by atoms with van der Waals surface area (Å²) in [5.41, 5.74) is 4.80. The van der Waals surface area contributed by atoms with E-state index in [0.29, 0.717) is 13.2 Å². The van der Waals surface area contributed by atoms with Crippen LogP contribution < -0.4 is 11.1 Å². The summed E-state index contributed by atoms with van der Waals surface area (Å²) < 4.78 is 5.37. The largest absolute Gasteiger partial charge is 0.379 e. The molecule has 3 N–H and O–H groups in total. The summed E-state index contributed by atoms with van der Waals surface area (Å²) in [6.45, 7) is 5.34. The van der Waals surface area contributed by atoms with Gasteiger partial charge in [-0.25, -0.2) is 0 Å². The maximum Gasteiger partial charge on any atom is 0.239 e. The van der Waals surface area contributed by atoms with Crippen molar-refractivity contribution in [2.75, 3.05) is 19.8 Å². The molecule has 1 aliphatic carbocycles. The lowest BCUT2D eigenvalue weighted by atomic mass is 10.1. The van der Waals surface area contributed by atoms with Gasteiger partial charge in [-0.2, -0.15) is 0 Å². The molecule has 0 aliphatic heterocycles. The molecule has 1 saturated carbocycles. The van der Waals surface area contributed by atoms with Crippen LogP contribution in [0, 0.1) is 5.92 Å². The van der Waals surface area contributed by atoms with E-state index < -0.39 is 5.54 Å². The van der Waals surface area contributed by atoms with E-state index in [1.54, 1.807) is 13.8 Å². The van der Waals surface area contributed by atoms with Crippen molar-refractivity contribution in [3.8, 4) is 0 Å². The molecule has 1 amide bonds. The molecule has 0 aromatic rings. The SMILES string of the molecule is CC(C)(N)C(=O)NCCOCC1CC1.Cl. The van der Waals surface area contributed by atoms with Gasteiger partial charge in [0.05, 0.1) is 12.1 Å². The van der Waals surface area contributed by atoms with E-state index >= 15 is 0 Å². The predicted molar refractivity (Wildman–Crippen MR) is 62.1 cm³/mol. The van der Waals surface area contributed by atoms with Crippen molar-refractivity contribution in [2.45, 2.75) is 32.2 Å². The standard InChI is InChI=1S/C10H20N2O2.ClH/c1-10(2,11)9(13)12-5-6-14-7-8-3-4-8;/h8H,3-7,11H2,1-2H3,(H,12,13);1H. The Kier molecular flexibility index (Phi) is 6.17. The molecular formula is C10H21ClN2O2. The zero-order valence-electron chi connectivity index (χ0n) is 9.41. The van der Waals surface area contributed by atoms with Gasteiger partial charge in [-0.05, 0) is 32.6 Å². The van der Waals surface area contributed by atoms with Gasteiger partial charge in [-0.15, -0.1) is 12.4 Å². The minimum atomic E-state index is -0.795. The second-order valence-corrected chi connectivity index (χ2v) is 4.50. The molecule has 5 heteroatoms. The normalized spacial score (nSPS) is 15.7. The average Bonchev–Trinajstić information content (AvgIpc) is 2.85. The number of ether oxygens (including phenoxy) is 1. The highest BCUT2D eigenvalue weighted by molar-refractivity contribution is 5.85. The Labute approximate surface area is 97.3 Å². The summed E-state index contributed by atoms with van der Waals surface area (Å²) in [6.07, 6.45) is 2.59. The zero-order valence-corrected chi connectivity index (χ0v) is 10.2. The lowest BCUT2D eigenvalue weighted by Gasteiger charge is -2.17. The fourth-order valence-corrected chi connectivity index (χ4v) is 0.999. The van der Waals surface area contributed by atoms with Crippen LogP contribution in [0.15, 0.2) is 0 Å². The first-order valence-corrected chi connectivity index (χ1v) is 5.15. The van der Waals surface area contributed by atoms with Gasteiger partial charge in [-0.1, -0.05) is 0 Å². The van der Waals surface area contributed by atoms with E-state index in [4.69, 9.17) is 10.5 Å². The molecule has 0 aromatic carbocycles. The van der Waals surface area contributed by atoms with Gasteiger partial charge in [0.25, 0.3) is 0 Å². The molecular weight excluding hydrogens is 216 g/mol. The summed E-state index contributed by atoms with van der Waals surface area (Å²) >= 11 is 0. The number of hydrogen-bond donors (Lipinski definition) is 2. The highest BCUT2D eigenvalue weighted by Crippen LogP contribution is 2.28. The summed E-state index contributed by atoms with van der Waals surface area (Å²) in [6, 6.07) is 0. The molecule has 0 aromatic heterocycles. The third-order valence-electron chi connectivity index (χ3n) is 2.17. The van der Waals surface area contributed by atoms with Crippen molar-refractivity contribution in [3.63, 3.8) is 0 Å². The van der Waals surface area contributed by atoms with Crippen molar-refractivity contribution < 1.29 is 9.53 Å². The Morgan fingerprint density at radius 1 is 1.53 bits per heavy atom. The van der Waals surface area contributed by atoms with E-state index in [2.05, 4.69) is 5.32 Å². The van der Waals surface area contributed by atoms with E-state index in [0.717, 1.165) is 12.5 Å². The molecule has 90 valence electrons. The third kappa shape index (κ3) is 6.71. The van der Waals surface area contributed by atoms with Crippen molar-refractivity contribution in [1.82, 2.24) is 5.32 Å². The first-order valence-electron chi connectivity index (χ1n) is 5.15. The molecule has 0 spiro atoms. The molecule has 0 atom stereocenters. The van der Waals surface area contributed by atoms with Crippen LogP contribution in [0.1, 0.15) is 26.7 Å². The van der Waals surface area contributed by atoms with Crippen molar-refractivity contribution in [1.29, 1.82) is 0 Å². The Morgan fingerprint density at radius 3 is 2.60 bits per heavy atom. The van der Waals surface area contributed by atoms with Crippen LogP contribution in [0.3, 0.4) is 0 Å². The van der Waals surface area contributed by atoms with Crippen LogP contribution >= 0.6 is 12.4 Å². The lowest BCUT2D eigenvalue weighted by molar-refractivity contribution is -0.125. The number of nitrogens with one attached hydrogen (secondary N) is 1. The van der Waals surface area contributed by atoms with Crippen molar-refractivity contribution in [3.05, 3.63) is 0 Å². The number of amides is 1. The summed E-state index contributed by atoms with van der Waals surface area (Å²) in [7, 11) is 0. The van der Waals surface area contributed by atoms with Gasteiger partial charge in [0.1, 0.15) is 0 Å². The van der Waals surface area contributed by atoms with Crippen LogP contribution in [0.5, 0.6) is 0 Å². The Morgan fingerprint density at radius 2 is 2.13 bits per heavy atom. The zero-order chi connectivity index (χ0) is 10.6. The molecule has 1 fully saturated rings. The number of carbonyl (C=O) groups excluding carboxylic acids is 1. The maximum absolute atomic E-state index is 11.3. The first kappa shape index (κ1) is 14.7. The molecule has 1 rings (SSSR count). The maximum atomic E-state index is 11.3. The topological polar surface area (TPSA) is 64.4 Å². The Bertz CT molecular complexity index is 200. The second kappa shape index (κ2) is 6.30. The summed E-state index contributed by atoms with van der Waals surface area (Å²) in [4.78, 5) is 11.3. The number of halogens is 1. The summed E-state index contributed by atoms with van der Waals surface area (Å²) in [5, 5.41) is 2.73. The molecule has 0 radical (unpaired) electrons. The van der Waals surface area contributed by atoms with Crippen LogP contribution in [-0.2, 0) is 9.53 Å². The van der Waals surface area contributed by atoms with Crippen LogP contribution in [0.4, 0.5) is 0 Å².